The van der Waals surface area contributed by atoms with Crippen LogP contribution in [0, 0.1) is 0 Å². The Bertz CT molecular complexity index is 1010. The number of nitrogen functional groups attached to an aromatic ring is 1. The molecule has 2 aromatic carbocycles. The van der Waals surface area contributed by atoms with Gasteiger partial charge in [-0.05, 0) is 35.9 Å². The molecule has 28 heavy (non-hydrogen) atoms. The number of benzene rings is 2. The summed E-state index contributed by atoms with van der Waals surface area (Å²) in [5, 5.41) is 15.2. The van der Waals surface area contributed by atoms with Gasteiger partial charge in [0.05, 0.1) is 12.0 Å². The van der Waals surface area contributed by atoms with E-state index in [1.54, 1.807) is 6.21 Å². The first kappa shape index (κ1) is 20.4. The van der Waals surface area contributed by atoms with E-state index in [0.29, 0.717) is 10.8 Å². The molecule has 1 aromatic heterocycles. The van der Waals surface area contributed by atoms with Crippen molar-refractivity contribution in [2.75, 3.05) is 22.3 Å². The molecule has 0 bridgehead atoms. The lowest BCUT2D eigenvalue weighted by atomic mass is 10.2. The quantitative estimate of drug-likeness (QED) is 0.188. The van der Waals surface area contributed by atoms with E-state index in [4.69, 9.17) is 5.84 Å². The van der Waals surface area contributed by atoms with E-state index in [0.717, 1.165) is 14.5 Å². The summed E-state index contributed by atoms with van der Waals surface area (Å²) in [6, 6.07) is 15.0. The van der Waals surface area contributed by atoms with E-state index in [1.165, 1.54) is 16.4 Å². The van der Waals surface area contributed by atoms with Crippen LogP contribution >= 0.6 is 43.6 Å². The Morgan fingerprint density at radius 3 is 2.68 bits per heavy atom. The van der Waals surface area contributed by atoms with Crippen molar-refractivity contribution in [1.82, 2.24) is 14.9 Å². The van der Waals surface area contributed by atoms with Gasteiger partial charge in [-0.2, -0.15) is 5.10 Å². The van der Waals surface area contributed by atoms with Gasteiger partial charge in [0.25, 0.3) is 5.95 Å². The van der Waals surface area contributed by atoms with Crippen LogP contribution in [0.5, 0.6) is 0 Å². The minimum atomic E-state index is -0.173. The van der Waals surface area contributed by atoms with Crippen molar-refractivity contribution in [1.29, 1.82) is 0 Å². The fourth-order valence-corrected chi connectivity index (χ4v) is 3.57. The molecule has 144 valence electrons. The third-order valence-electron chi connectivity index (χ3n) is 3.33. The van der Waals surface area contributed by atoms with Crippen molar-refractivity contribution in [3.05, 3.63) is 63.0 Å². The van der Waals surface area contributed by atoms with Crippen LogP contribution in [0.3, 0.4) is 0 Å². The number of nitrogens with one attached hydrogen (secondary N) is 2. The van der Waals surface area contributed by atoms with Gasteiger partial charge in [-0.15, -0.1) is 10.2 Å². The maximum Gasteiger partial charge on any atom is 0.264 e. The van der Waals surface area contributed by atoms with Gasteiger partial charge in [-0.1, -0.05) is 61.8 Å². The van der Waals surface area contributed by atoms with Crippen molar-refractivity contribution < 1.29 is 4.79 Å². The summed E-state index contributed by atoms with van der Waals surface area (Å²) in [4.78, 5) is 12.1. The van der Waals surface area contributed by atoms with Crippen molar-refractivity contribution in [3.63, 3.8) is 0 Å². The first-order valence-electron chi connectivity index (χ1n) is 7.94. The highest BCUT2D eigenvalue weighted by molar-refractivity contribution is 9.10. The lowest BCUT2D eigenvalue weighted by molar-refractivity contribution is -0.113. The van der Waals surface area contributed by atoms with Crippen molar-refractivity contribution >= 4 is 67.4 Å². The molecule has 11 heteroatoms. The van der Waals surface area contributed by atoms with Crippen LogP contribution in [0.15, 0.2) is 67.7 Å². The van der Waals surface area contributed by atoms with Gasteiger partial charge in [-0.25, -0.2) is 10.1 Å². The van der Waals surface area contributed by atoms with E-state index in [1.807, 2.05) is 48.5 Å². The number of hydrogen-bond donors (Lipinski definition) is 3. The van der Waals surface area contributed by atoms with E-state index in [2.05, 4.69) is 57.9 Å². The number of halogens is 2. The normalized spacial score (nSPS) is 10.9. The van der Waals surface area contributed by atoms with Crippen LogP contribution in [-0.4, -0.2) is 32.7 Å². The van der Waals surface area contributed by atoms with Crippen molar-refractivity contribution in [2.24, 2.45) is 5.10 Å². The van der Waals surface area contributed by atoms with Gasteiger partial charge >= 0.3 is 0 Å². The van der Waals surface area contributed by atoms with Crippen LogP contribution < -0.4 is 16.6 Å². The van der Waals surface area contributed by atoms with Crippen LogP contribution in [0.1, 0.15) is 5.56 Å². The minimum absolute atomic E-state index is 0.142. The van der Waals surface area contributed by atoms with Crippen LogP contribution in [-0.2, 0) is 4.79 Å². The number of thioether (sulfide) groups is 1. The summed E-state index contributed by atoms with van der Waals surface area (Å²) < 4.78 is 3.09. The summed E-state index contributed by atoms with van der Waals surface area (Å²) >= 11 is 7.94. The Morgan fingerprint density at radius 2 is 1.93 bits per heavy atom. The molecular formula is C17H15Br2N7OS. The number of hydrogen-bond acceptors (Lipinski definition) is 7. The lowest BCUT2D eigenvalue weighted by Crippen LogP contribution is -2.16. The maximum atomic E-state index is 12.1. The molecule has 1 amide bonds. The Hall–Kier alpha value is -2.37. The molecule has 0 aliphatic heterocycles. The molecule has 3 aromatic rings. The van der Waals surface area contributed by atoms with Gasteiger partial charge in [0.1, 0.15) is 0 Å². The topological polar surface area (TPSA) is 110 Å². The fourth-order valence-electron chi connectivity index (χ4n) is 2.10. The summed E-state index contributed by atoms with van der Waals surface area (Å²) in [7, 11) is 0. The van der Waals surface area contributed by atoms with E-state index >= 15 is 0 Å². The summed E-state index contributed by atoms with van der Waals surface area (Å²) in [5.41, 5.74) is 4.35. The third-order valence-corrected chi connectivity index (χ3v) is 5.26. The number of anilines is 2. The van der Waals surface area contributed by atoms with E-state index < -0.39 is 0 Å². The Labute approximate surface area is 182 Å². The highest BCUT2D eigenvalue weighted by atomic mass is 79.9. The zero-order valence-corrected chi connectivity index (χ0v) is 18.3. The molecule has 0 unspecified atom stereocenters. The highest BCUT2D eigenvalue weighted by Gasteiger charge is 2.12. The Kier molecular flexibility index (Phi) is 7.06. The van der Waals surface area contributed by atoms with Gasteiger partial charge in [0, 0.05) is 14.6 Å². The van der Waals surface area contributed by atoms with E-state index in [9.17, 15) is 4.79 Å². The predicted molar refractivity (Wildman–Crippen MR) is 119 cm³/mol. The molecule has 0 aliphatic carbocycles. The lowest BCUT2D eigenvalue weighted by Gasteiger charge is -2.05. The Morgan fingerprint density at radius 1 is 1.18 bits per heavy atom. The number of carbonyl (C=O) groups is 1. The monoisotopic (exact) mass is 523 g/mol. The predicted octanol–water partition coefficient (Wildman–Crippen LogP) is 3.69. The largest absolute Gasteiger partial charge is 0.334 e. The molecule has 0 fully saturated rings. The number of hydrazone groups is 1. The molecule has 1 heterocycles. The number of nitrogens with two attached hydrogens (primary N) is 1. The zero-order valence-electron chi connectivity index (χ0n) is 14.3. The minimum Gasteiger partial charge on any atom is -0.334 e. The van der Waals surface area contributed by atoms with Crippen LogP contribution in [0.2, 0.25) is 0 Å². The molecule has 0 atom stereocenters. The molecule has 0 saturated heterocycles. The molecule has 0 radical (unpaired) electrons. The molecule has 0 spiro atoms. The first-order valence-corrected chi connectivity index (χ1v) is 10.5. The molecule has 4 N–H and O–H groups in total. The number of aromatic nitrogens is 3. The zero-order chi connectivity index (χ0) is 19.9. The SMILES string of the molecule is Nn1c(N/N=C/c2cccc(Br)c2)nnc1SCC(=O)Nc1cccc(Br)c1. The van der Waals surface area contributed by atoms with Gasteiger partial charge in [-0.3, -0.25) is 4.79 Å². The highest BCUT2D eigenvalue weighted by Crippen LogP contribution is 2.19. The molecule has 3 rings (SSSR count). The van der Waals surface area contributed by atoms with Gasteiger partial charge in [0.2, 0.25) is 11.1 Å². The smallest absolute Gasteiger partial charge is 0.264 e. The molecule has 0 saturated carbocycles. The van der Waals surface area contributed by atoms with E-state index in [-0.39, 0.29) is 17.6 Å². The maximum absolute atomic E-state index is 12.1. The van der Waals surface area contributed by atoms with Crippen molar-refractivity contribution in [2.45, 2.75) is 5.16 Å². The average molecular weight is 525 g/mol. The fraction of sp³-hybridized carbons (Fsp3) is 0.0588. The summed E-state index contributed by atoms with van der Waals surface area (Å²) in [5.74, 6) is 6.19. The molecular weight excluding hydrogens is 510 g/mol. The number of amides is 1. The van der Waals surface area contributed by atoms with Crippen molar-refractivity contribution in [3.8, 4) is 0 Å². The van der Waals surface area contributed by atoms with Gasteiger partial charge < -0.3 is 11.2 Å². The second kappa shape index (κ2) is 9.71. The number of nitrogens with zero attached hydrogens (tertiary/aromatic N) is 4. The standard InChI is InChI=1S/C17H15Br2N7OS/c18-12-4-1-3-11(7-12)9-21-23-16-24-25-17(26(16)20)28-10-15(27)22-14-6-2-5-13(19)8-14/h1-9H,10,20H2,(H,22,27)(H,23,24)/b21-9+. The summed E-state index contributed by atoms with van der Waals surface area (Å²) in [6.45, 7) is 0. The third kappa shape index (κ3) is 5.81. The molecule has 0 aliphatic rings. The first-order chi connectivity index (χ1) is 13.5. The molecule has 8 nitrogen and oxygen atoms in total. The van der Waals surface area contributed by atoms with Gasteiger partial charge in [0.15, 0.2) is 0 Å². The second-order valence-corrected chi connectivity index (χ2v) is 8.22. The Balaban J connectivity index is 1.53. The number of rotatable bonds is 7. The van der Waals surface area contributed by atoms with Crippen LogP contribution in [0.25, 0.3) is 0 Å². The number of carbonyl (C=O) groups excluding carboxylic acids is 1. The van der Waals surface area contributed by atoms with Crippen LogP contribution in [0.4, 0.5) is 11.6 Å². The second-order valence-electron chi connectivity index (χ2n) is 5.45. The average Bonchev–Trinajstić information content (AvgIpc) is 3.00. The summed E-state index contributed by atoms with van der Waals surface area (Å²) in [6.07, 6.45) is 1.64.